The number of benzene rings is 3. The van der Waals surface area contributed by atoms with Crippen molar-refractivity contribution in [3.05, 3.63) is 90.0 Å². The number of piperidine rings is 1. The average molecular weight is 614 g/mol. The number of quaternary nitrogens is 1. The highest BCUT2D eigenvalue weighted by Gasteiger charge is 2.34. The van der Waals surface area contributed by atoms with Crippen molar-refractivity contribution in [2.45, 2.75) is 31.8 Å². The molecule has 0 radical (unpaired) electrons. The second-order valence-electron chi connectivity index (χ2n) is 12.5. The summed E-state index contributed by atoms with van der Waals surface area (Å²) in [5, 5.41) is 2.94. The number of carbonyl (C=O) groups is 3. The normalized spacial score (nSPS) is 15.7. The van der Waals surface area contributed by atoms with E-state index in [1.807, 2.05) is 54.6 Å². The molecule has 3 amide bonds. The predicted octanol–water partition coefficient (Wildman–Crippen LogP) is 5.54. The van der Waals surface area contributed by atoms with E-state index in [4.69, 9.17) is 9.47 Å². The summed E-state index contributed by atoms with van der Waals surface area (Å²) in [6.45, 7) is 6.25. The molecule has 0 unspecified atom stereocenters. The number of hydrogen-bond donors (Lipinski definition) is 1. The molecule has 0 spiro atoms. The Morgan fingerprint density at radius 3 is 2.09 bits per heavy atom. The highest BCUT2D eigenvalue weighted by atomic mass is 16.6. The largest absolute Gasteiger partial charge is 0.446 e. The SMILES string of the molecule is C[N+](C)(CCCCN1C(=O)c2ccccc2C1=O)CCOCCN1CCC(OC(=O)Nc2ccccc2-c2ccccc2)CC1. The van der Waals surface area contributed by atoms with Crippen LogP contribution in [0.5, 0.6) is 0 Å². The molecule has 9 nitrogen and oxygen atoms in total. The lowest BCUT2D eigenvalue weighted by molar-refractivity contribution is -0.890. The topological polar surface area (TPSA) is 88.2 Å². The molecule has 0 aliphatic carbocycles. The third-order valence-corrected chi connectivity index (χ3v) is 8.72. The van der Waals surface area contributed by atoms with Gasteiger partial charge in [-0.1, -0.05) is 60.7 Å². The number of rotatable bonds is 14. The molecule has 3 aromatic carbocycles. The Kier molecular flexibility index (Phi) is 11.0. The van der Waals surface area contributed by atoms with E-state index < -0.39 is 6.09 Å². The number of nitrogens with one attached hydrogen (secondary N) is 1. The second kappa shape index (κ2) is 15.3. The van der Waals surface area contributed by atoms with E-state index in [2.05, 4.69) is 24.3 Å². The molecule has 1 N–H and O–H groups in total. The van der Waals surface area contributed by atoms with Crippen molar-refractivity contribution in [3.8, 4) is 11.1 Å². The fourth-order valence-corrected chi connectivity index (χ4v) is 5.97. The first kappa shape index (κ1) is 32.3. The van der Waals surface area contributed by atoms with Crippen LogP contribution in [0.2, 0.25) is 0 Å². The van der Waals surface area contributed by atoms with Crippen LogP contribution in [0, 0.1) is 0 Å². The van der Waals surface area contributed by atoms with E-state index in [9.17, 15) is 14.4 Å². The molecule has 0 aromatic heterocycles. The number of carbonyl (C=O) groups excluding carboxylic acids is 3. The van der Waals surface area contributed by atoms with Crippen molar-refractivity contribution < 1.29 is 28.3 Å². The summed E-state index contributed by atoms with van der Waals surface area (Å²) in [5.41, 5.74) is 3.77. The van der Waals surface area contributed by atoms with Gasteiger partial charge in [-0.3, -0.25) is 19.8 Å². The van der Waals surface area contributed by atoms with Gasteiger partial charge < -0.3 is 18.9 Å². The number of likely N-dealkylation sites (tertiary alicyclic amines) is 1. The maximum Gasteiger partial charge on any atom is 0.411 e. The highest BCUT2D eigenvalue weighted by Crippen LogP contribution is 2.28. The number of para-hydroxylation sites is 1. The van der Waals surface area contributed by atoms with E-state index in [0.717, 1.165) is 79.7 Å². The molecule has 2 aliphatic heterocycles. The molecule has 1 fully saturated rings. The fraction of sp³-hybridized carbons (Fsp3) is 0.417. The minimum atomic E-state index is -0.413. The third kappa shape index (κ3) is 8.78. The zero-order valence-corrected chi connectivity index (χ0v) is 26.5. The summed E-state index contributed by atoms with van der Waals surface area (Å²) in [6, 6.07) is 24.8. The lowest BCUT2D eigenvalue weighted by atomic mass is 10.0. The molecule has 0 saturated carbocycles. The van der Waals surface area contributed by atoms with Gasteiger partial charge in [-0.2, -0.15) is 0 Å². The lowest BCUT2D eigenvalue weighted by Crippen LogP contribution is -2.44. The molecule has 238 valence electrons. The zero-order chi connectivity index (χ0) is 31.6. The Bertz CT molecular complexity index is 1420. The molecule has 2 aliphatic rings. The van der Waals surface area contributed by atoms with E-state index >= 15 is 0 Å². The van der Waals surface area contributed by atoms with Crippen molar-refractivity contribution >= 4 is 23.6 Å². The number of ether oxygens (including phenoxy) is 2. The first-order chi connectivity index (χ1) is 21.8. The van der Waals surface area contributed by atoms with Crippen LogP contribution in [0.3, 0.4) is 0 Å². The van der Waals surface area contributed by atoms with E-state index in [1.165, 1.54) is 4.90 Å². The zero-order valence-electron chi connectivity index (χ0n) is 26.5. The number of imide groups is 1. The van der Waals surface area contributed by atoms with E-state index in [1.54, 1.807) is 24.3 Å². The predicted molar refractivity (Wildman–Crippen MR) is 175 cm³/mol. The van der Waals surface area contributed by atoms with Gasteiger partial charge in [0.05, 0.1) is 50.7 Å². The van der Waals surface area contributed by atoms with Crippen LogP contribution in [0.1, 0.15) is 46.4 Å². The highest BCUT2D eigenvalue weighted by molar-refractivity contribution is 6.21. The summed E-state index contributed by atoms with van der Waals surface area (Å²) in [4.78, 5) is 41.5. The number of hydrogen-bond acceptors (Lipinski definition) is 6. The molecule has 0 atom stereocenters. The second-order valence-corrected chi connectivity index (χ2v) is 12.5. The maximum absolute atomic E-state index is 12.7. The summed E-state index contributed by atoms with van der Waals surface area (Å²) in [6.07, 6.45) is 2.81. The first-order valence-corrected chi connectivity index (χ1v) is 16.0. The number of amides is 3. The van der Waals surface area contributed by atoms with Crippen LogP contribution in [0.25, 0.3) is 11.1 Å². The fourth-order valence-electron chi connectivity index (χ4n) is 5.97. The van der Waals surface area contributed by atoms with Crippen molar-refractivity contribution in [2.24, 2.45) is 0 Å². The van der Waals surface area contributed by atoms with Crippen molar-refractivity contribution in [2.75, 3.05) is 71.9 Å². The van der Waals surface area contributed by atoms with E-state index in [0.29, 0.717) is 30.9 Å². The van der Waals surface area contributed by atoms with Crippen LogP contribution in [-0.4, -0.2) is 105 Å². The Labute approximate surface area is 266 Å². The average Bonchev–Trinajstić information content (AvgIpc) is 3.29. The Morgan fingerprint density at radius 2 is 1.40 bits per heavy atom. The summed E-state index contributed by atoms with van der Waals surface area (Å²) < 4.78 is 12.6. The Morgan fingerprint density at radius 1 is 0.778 bits per heavy atom. The minimum Gasteiger partial charge on any atom is -0.446 e. The molecule has 0 bridgehead atoms. The van der Waals surface area contributed by atoms with Crippen LogP contribution >= 0.6 is 0 Å². The van der Waals surface area contributed by atoms with Crippen molar-refractivity contribution in [3.63, 3.8) is 0 Å². The molecular weight excluding hydrogens is 568 g/mol. The van der Waals surface area contributed by atoms with Crippen molar-refractivity contribution in [1.29, 1.82) is 0 Å². The molecular formula is C36H45N4O5+. The summed E-state index contributed by atoms with van der Waals surface area (Å²) >= 11 is 0. The van der Waals surface area contributed by atoms with Gasteiger partial charge in [0.15, 0.2) is 0 Å². The number of nitrogens with zero attached hydrogens (tertiary/aromatic N) is 3. The number of fused-ring (bicyclic) bond motifs is 1. The lowest BCUT2D eigenvalue weighted by Gasteiger charge is -2.32. The quantitative estimate of drug-likeness (QED) is 0.146. The maximum atomic E-state index is 12.7. The molecule has 5 rings (SSSR count). The van der Waals surface area contributed by atoms with Gasteiger partial charge >= 0.3 is 6.09 Å². The molecule has 9 heteroatoms. The van der Waals surface area contributed by atoms with Gasteiger partial charge in [-0.15, -0.1) is 0 Å². The molecule has 45 heavy (non-hydrogen) atoms. The van der Waals surface area contributed by atoms with Gasteiger partial charge in [0.1, 0.15) is 12.6 Å². The van der Waals surface area contributed by atoms with Gasteiger partial charge in [-0.25, -0.2) is 4.79 Å². The standard InChI is InChI=1S/C36H44N4O5/c1-40(2,24-11-10-20-39-34(41)31-15-6-7-16-32(31)35(39)42)25-27-44-26-23-38-21-18-29(19-22-38)45-36(43)37-33-17-9-8-14-30(33)28-12-4-3-5-13-28/h3-9,12-17,29H,10-11,18-27H2,1-2H3/p+1. The molecule has 1 saturated heterocycles. The van der Waals surface area contributed by atoms with Crippen LogP contribution in [-0.2, 0) is 9.47 Å². The molecule has 3 aromatic rings. The molecule has 2 heterocycles. The summed E-state index contributed by atoms with van der Waals surface area (Å²) in [7, 11) is 4.37. The van der Waals surface area contributed by atoms with Crippen LogP contribution in [0.4, 0.5) is 10.5 Å². The minimum absolute atomic E-state index is 0.0961. The number of likely N-dealkylation sites (N-methyl/N-ethyl adjacent to an activating group) is 1. The Hall–Kier alpha value is -4.05. The smallest absolute Gasteiger partial charge is 0.411 e. The monoisotopic (exact) mass is 613 g/mol. The van der Waals surface area contributed by atoms with Gasteiger partial charge in [0, 0.05) is 31.7 Å². The first-order valence-electron chi connectivity index (χ1n) is 16.0. The number of anilines is 1. The number of unbranched alkanes of at least 4 members (excludes halogenated alkanes) is 1. The third-order valence-electron chi connectivity index (χ3n) is 8.72. The van der Waals surface area contributed by atoms with Crippen LogP contribution < -0.4 is 5.32 Å². The van der Waals surface area contributed by atoms with Gasteiger partial charge in [-0.05, 0) is 49.4 Å². The van der Waals surface area contributed by atoms with Crippen molar-refractivity contribution in [1.82, 2.24) is 9.80 Å². The van der Waals surface area contributed by atoms with E-state index in [-0.39, 0.29) is 17.9 Å². The summed E-state index contributed by atoms with van der Waals surface area (Å²) in [5.74, 6) is -0.360. The Balaban J connectivity index is 0.922. The van der Waals surface area contributed by atoms with Gasteiger partial charge in [0.25, 0.3) is 11.8 Å². The van der Waals surface area contributed by atoms with Crippen LogP contribution in [0.15, 0.2) is 78.9 Å². The van der Waals surface area contributed by atoms with Gasteiger partial charge in [0.2, 0.25) is 0 Å².